The predicted octanol–water partition coefficient (Wildman–Crippen LogP) is 2.76. The van der Waals surface area contributed by atoms with E-state index in [2.05, 4.69) is 4.98 Å². The molecular formula is C15H16N2O2. The third kappa shape index (κ3) is 2.73. The van der Waals surface area contributed by atoms with Crippen molar-refractivity contribution in [2.24, 2.45) is 0 Å². The maximum absolute atomic E-state index is 12.4. The van der Waals surface area contributed by atoms with E-state index in [0.29, 0.717) is 6.54 Å². The number of carbonyl (C=O) groups excluding carboxylic acids is 1. The van der Waals surface area contributed by atoms with Crippen LogP contribution < -0.4 is 4.90 Å². The molecule has 1 aromatic heterocycles. The van der Waals surface area contributed by atoms with Gasteiger partial charge in [0.2, 0.25) is 0 Å². The molecule has 0 aliphatic heterocycles. The van der Waals surface area contributed by atoms with E-state index < -0.39 is 0 Å². The van der Waals surface area contributed by atoms with E-state index >= 15 is 0 Å². The van der Waals surface area contributed by atoms with E-state index in [0.717, 1.165) is 11.3 Å². The lowest BCUT2D eigenvalue weighted by Gasteiger charge is -2.21. The molecule has 98 valence electrons. The molecule has 0 saturated carbocycles. The minimum atomic E-state index is -0.229. The van der Waals surface area contributed by atoms with Crippen LogP contribution in [0, 0.1) is 6.92 Å². The Hall–Kier alpha value is -2.36. The third-order valence-electron chi connectivity index (χ3n) is 2.91. The summed E-state index contributed by atoms with van der Waals surface area (Å²) >= 11 is 0. The normalized spacial score (nSPS) is 10.2. The molecule has 0 aliphatic carbocycles. The number of hydrogen-bond donors (Lipinski definition) is 1. The smallest absolute Gasteiger partial charge is 0.262 e. The molecule has 2 aromatic rings. The van der Waals surface area contributed by atoms with Gasteiger partial charge in [-0.2, -0.15) is 0 Å². The lowest BCUT2D eigenvalue weighted by atomic mass is 10.1. The van der Waals surface area contributed by atoms with Crippen molar-refractivity contribution >= 4 is 11.6 Å². The Kier molecular flexibility index (Phi) is 3.80. The second-order valence-corrected chi connectivity index (χ2v) is 4.28. The van der Waals surface area contributed by atoms with Crippen LogP contribution in [0.2, 0.25) is 0 Å². The zero-order valence-electron chi connectivity index (χ0n) is 11.0. The van der Waals surface area contributed by atoms with E-state index in [1.165, 1.54) is 18.5 Å². The van der Waals surface area contributed by atoms with Crippen LogP contribution in [0.3, 0.4) is 0 Å². The molecule has 19 heavy (non-hydrogen) atoms. The highest BCUT2D eigenvalue weighted by atomic mass is 16.3. The number of aromatic hydroxyl groups is 1. The standard InChI is InChI=1S/C15H16N2O2/c1-3-17(12-6-4-5-11(2)9-12)15(19)13-7-8-16-10-14(13)18/h4-10,18H,3H2,1-2H3. The Balaban J connectivity index is 2.38. The third-order valence-corrected chi connectivity index (χ3v) is 2.91. The predicted molar refractivity (Wildman–Crippen MR) is 74.4 cm³/mol. The Labute approximate surface area is 112 Å². The minimum absolute atomic E-state index is 0.0985. The topological polar surface area (TPSA) is 53.4 Å². The van der Waals surface area contributed by atoms with E-state index in [9.17, 15) is 9.90 Å². The summed E-state index contributed by atoms with van der Waals surface area (Å²) in [6.45, 7) is 4.41. The number of anilines is 1. The van der Waals surface area contributed by atoms with Gasteiger partial charge in [-0.1, -0.05) is 12.1 Å². The summed E-state index contributed by atoms with van der Waals surface area (Å²) in [6.07, 6.45) is 2.77. The van der Waals surface area contributed by atoms with Crippen LogP contribution >= 0.6 is 0 Å². The van der Waals surface area contributed by atoms with Crippen LogP contribution in [0.1, 0.15) is 22.8 Å². The number of benzene rings is 1. The zero-order valence-corrected chi connectivity index (χ0v) is 11.0. The Bertz CT molecular complexity index is 596. The van der Waals surface area contributed by atoms with Gasteiger partial charge in [0, 0.05) is 18.4 Å². The summed E-state index contributed by atoms with van der Waals surface area (Å²) in [5, 5.41) is 9.72. The van der Waals surface area contributed by atoms with E-state index in [-0.39, 0.29) is 17.2 Å². The molecule has 0 bridgehead atoms. The molecule has 0 atom stereocenters. The van der Waals surface area contributed by atoms with E-state index in [1.807, 2.05) is 38.1 Å². The first-order valence-corrected chi connectivity index (χ1v) is 6.15. The van der Waals surface area contributed by atoms with Crippen LogP contribution in [-0.2, 0) is 0 Å². The molecule has 1 heterocycles. The molecule has 0 unspecified atom stereocenters. The van der Waals surface area contributed by atoms with Crippen molar-refractivity contribution in [3.05, 3.63) is 53.9 Å². The van der Waals surface area contributed by atoms with Gasteiger partial charge in [-0.15, -0.1) is 0 Å². The largest absolute Gasteiger partial charge is 0.505 e. The highest BCUT2D eigenvalue weighted by molar-refractivity contribution is 6.07. The number of aromatic nitrogens is 1. The highest BCUT2D eigenvalue weighted by Gasteiger charge is 2.19. The number of pyridine rings is 1. The average Bonchev–Trinajstić information content (AvgIpc) is 2.40. The van der Waals surface area contributed by atoms with Crippen molar-refractivity contribution in [3.8, 4) is 5.75 Å². The summed E-state index contributed by atoms with van der Waals surface area (Å²) in [5.74, 6) is -0.327. The first kappa shape index (κ1) is 13.1. The van der Waals surface area contributed by atoms with Gasteiger partial charge in [-0.3, -0.25) is 9.78 Å². The number of amides is 1. The number of carbonyl (C=O) groups is 1. The molecule has 0 spiro atoms. The Morgan fingerprint density at radius 2 is 2.16 bits per heavy atom. The summed E-state index contributed by atoms with van der Waals surface area (Å²) in [6, 6.07) is 9.24. The van der Waals surface area contributed by atoms with Gasteiger partial charge in [0.25, 0.3) is 5.91 Å². The summed E-state index contributed by atoms with van der Waals surface area (Å²) in [7, 11) is 0. The van der Waals surface area contributed by atoms with Crippen LogP contribution in [0.25, 0.3) is 0 Å². The van der Waals surface area contributed by atoms with E-state index in [1.54, 1.807) is 4.90 Å². The molecule has 1 amide bonds. The van der Waals surface area contributed by atoms with E-state index in [4.69, 9.17) is 0 Å². The zero-order chi connectivity index (χ0) is 13.8. The minimum Gasteiger partial charge on any atom is -0.505 e. The van der Waals surface area contributed by atoms with Crippen LogP contribution in [0.4, 0.5) is 5.69 Å². The van der Waals surface area contributed by atoms with Crippen LogP contribution in [0.15, 0.2) is 42.7 Å². The summed E-state index contributed by atoms with van der Waals surface area (Å²) in [5.41, 5.74) is 2.17. The fourth-order valence-electron chi connectivity index (χ4n) is 1.95. The lowest BCUT2D eigenvalue weighted by Crippen LogP contribution is -2.30. The van der Waals surface area contributed by atoms with Crippen LogP contribution in [-0.4, -0.2) is 22.5 Å². The van der Waals surface area contributed by atoms with Gasteiger partial charge in [0.15, 0.2) is 0 Å². The summed E-state index contributed by atoms with van der Waals surface area (Å²) in [4.78, 5) is 17.9. The fourth-order valence-corrected chi connectivity index (χ4v) is 1.95. The molecule has 0 aliphatic rings. The van der Waals surface area contributed by atoms with Gasteiger partial charge in [-0.05, 0) is 37.6 Å². The van der Waals surface area contributed by atoms with Crippen molar-refractivity contribution in [1.29, 1.82) is 0 Å². The van der Waals surface area contributed by atoms with Gasteiger partial charge in [0.05, 0.1) is 11.8 Å². The maximum Gasteiger partial charge on any atom is 0.262 e. The first-order valence-electron chi connectivity index (χ1n) is 6.15. The average molecular weight is 256 g/mol. The molecule has 0 fully saturated rings. The molecule has 2 rings (SSSR count). The highest BCUT2D eigenvalue weighted by Crippen LogP contribution is 2.22. The van der Waals surface area contributed by atoms with Gasteiger partial charge in [0.1, 0.15) is 5.75 Å². The van der Waals surface area contributed by atoms with Crippen LogP contribution in [0.5, 0.6) is 5.75 Å². The quantitative estimate of drug-likeness (QED) is 0.918. The number of hydrogen-bond acceptors (Lipinski definition) is 3. The second kappa shape index (κ2) is 5.52. The van der Waals surface area contributed by atoms with Crippen molar-refractivity contribution in [2.75, 3.05) is 11.4 Å². The first-order chi connectivity index (χ1) is 9.13. The molecule has 0 radical (unpaired) electrons. The molecular weight excluding hydrogens is 240 g/mol. The van der Waals surface area contributed by atoms with Crippen molar-refractivity contribution in [2.45, 2.75) is 13.8 Å². The molecule has 0 saturated heterocycles. The molecule has 1 aromatic carbocycles. The number of aryl methyl sites for hydroxylation is 1. The van der Waals surface area contributed by atoms with Gasteiger partial charge in [-0.25, -0.2) is 0 Å². The fraction of sp³-hybridized carbons (Fsp3) is 0.200. The second-order valence-electron chi connectivity index (χ2n) is 4.28. The van der Waals surface area contributed by atoms with Gasteiger partial charge >= 0.3 is 0 Å². The molecule has 1 N–H and O–H groups in total. The van der Waals surface area contributed by atoms with Crippen molar-refractivity contribution < 1.29 is 9.90 Å². The SMILES string of the molecule is CCN(C(=O)c1ccncc1O)c1cccc(C)c1. The molecule has 4 nitrogen and oxygen atoms in total. The number of nitrogens with zero attached hydrogens (tertiary/aromatic N) is 2. The number of rotatable bonds is 3. The van der Waals surface area contributed by atoms with Crippen molar-refractivity contribution in [3.63, 3.8) is 0 Å². The Morgan fingerprint density at radius 3 is 2.79 bits per heavy atom. The monoisotopic (exact) mass is 256 g/mol. The molecule has 4 heteroatoms. The van der Waals surface area contributed by atoms with Gasteiger partial charge < -0.3 is 10.0 Å². The summed E-state index contributed by atoms with van der Waals surface area (Å²) < 4.78 is 0. The Morgan fingerprint density at radius 1 is 1.37 bits per heavy atom. The van der Waals surface area contributed by atoms with Crippen molar-refractivity contribution in [1.82, 2.24) is 4.98 Å². The maximum atomic E-state index is 12.4. The lowest BCUT2D eigenvalue weighted by molar-refractivity contribution is 0.0985.